The molecular formula is C23H18ClN5. The zero-order valence-electron chi connectivity index (χ0n) is 15.4. The Hall–Kier alpha value is -3.54. The molecule has 1 heterocycles. The Balaban J connectivity index is 1.44. The third-order valence-electron chi connectivity index (χ3n) is 4.72. The summed E-state index contributed by atoms with van der Waals surface area (Å²) in [5, 5.41) is 8.04. The number of hydrogen-bond acceptors (Lipinski definition) is 4. The number of rotatable bonds is 3. The second kappa shape index (κ2) is 7.47. The molecule has 6 heteroatoms. The monoisotopic (exact) mass is 399 g/mol. The van der Waals surface area contributed by atoms with E-state index in [0.29, 0.717) is 11.7 Å². The lowest BCUT2D eigenvalue weighted by Gasteiger charge is -2.25. The van der Waals surface area contributed by atoms with Gasteiger partial charge in [-0.1, -0.05) is 60.7 Å². The first kappa shape index (κ1) is 17.6. The largest absolute Gasteiger partial charge is 0.341 e. The molecule has 1 aliphatic heterocycles. The predicted molar refractivity (Wildman–Crippen MR) is 121 cm³/mol. The molecule has 3 N–H and O–H groups in total. The number of anilines is 1. The minimum Gasteiger partial charge on any atom is -0.341 e. The molecule has 0 fully saturated rings. The first-order valence-corrected chi connectivity index (χ1v) is 9.61. The summed E-state index contributed by atoms with van der Waals surface area (Å²) in [6.45, 7) is 0. The van der Waals surface area contributed by atoms with E-state index in [1.807, 2.05) is 42.5 Å². The van der Waals surface area contributed by atoms with Crippen molar-refractivity contribution in [3.63, 3.8) is 0 Å². The van der Waals surface area contributed by atoms with Gasteiger partial charge in [-0.2, -0.15) is 0 Å². The van der Waals surface area contributed by atoms with Gasteiger partial charge in [-0.3, -0.25) is 10.9 Å². The maximum absolute atomic E-state index is 6.18. The van der Waals surface area contributed by atoms with Gasteiger partial charge in [0.15, 0.2) is 0 Å². The predicted octanol–water partition coefficient (Wildman–Crippen LogP) is 5.46. The second-order valence-electron chi connectivity index (χ2n) is 6.78. The number of hydrogen-bond donors (Lipinski definition) is 3. The van der Waals surface area contributed by atoms with E-state index in [2.05, 4.69) is 69.7 Å². The van der Waals surface area contributed by atoms with Crippen LogP contribution < -0.4 is 16.2 Å². The van der Waals surface area contributed by atoms with Crippen LogP contribution in [0.3, 0.4) is 0 Å². The van der Waals surface area contributed by atoms with Crippen LogP contribution in [0.1, 0.15) is 0 Å². The third kappa shape index (κ3) is 3.87. The van der Waals surface area contributed by atoms with Crippen molar-refractivity contribution < 1.29 is 0 Å². The minimum absolute atomic E-state index is 0.623. The molecule has 29 heavy (non-hydrogen) atoms. The quantitative estimate of drug-likeness (QED) is 0.401. The Morgan fingerprint density at radius 2 is 1.38 bits per heavy atom. The summed E-state index contributed by atoms with van der Waals surface area (Å²) in [7, 11) is 0. The highest BCUT2D eigenvalue weighted by Gasteiger charge is 2.14. The number of benzene rings is 4. The molecule has 0 unspecified atom stereocenters. The number of nitrogens with one attached hydrogen (secondary N) is 3. The highest BCUT2D eigenvalue weighted by Crippen LogP contribution is 2.22. The number of halogens is 1. The average Bonchev–Trinajstić information content (AvgIpc) is 2.73. The third-order valence-corrected chi connectivity index (χ3v) is 4.89. The van der Waals surface area contributed by atoms with Crippen molar-refractivity contribution in [3.8, 4) is 0 Å². The molecule has 5 nitrogen and oxygen atoms in total. The summed E-state index contributed by atoms with van der Waals surface area (Å²) in [5.41, 5.74) is 7.80. The first-order valence-electron chi connectivity index (χ1n) is 9.27. The maximum Gasteiger partial charge on any atom is 0.147 e. The van der Waals surface area contributed by atoms with E-state index in [9.17, 15) is 0 Å². The zero-order chi connectivity index (χ0) is 19.6. The molecule has 0 bridgehead atoms. The van der Waals surface area contributed by atoms with Crippen LogP contribution in [0.2, 0.25) is 0 Å². The normalized spacial score (nSPS) is 15.8. The van der Waals surface area contributed by atoms with E-state index in [1.165, 1.54) is 20.8 Å². The fourth-order valence-electron chi connectivity index (χ4n) is 3.36. The molecule has 0 saturated heterocycles. The van der Waals surface area contributed by atoms with E-state index < -0.39 is 0 Å². The van der Waals surface area contributed by atoms with Crippen molar-refractivity contribution >= 4 is 50.5 Å². The van der Waals surface area contributed by atoms with Gasteiger partial charge in [-0.25, -0.2) is 4.99 Å². The molecule has 5 rings (SSSR count). The summed E-state index contributed by atoms with van der Waals surface area (Å²) < 4.78 is 1.25. The summed E-state index contributed by atoms with van der Waals surface area (Å²) in [5.74, 6) is 1.34. The van der Waals surface area contributed by atoms with Gasteiger partial charge in [0.25, 0.3) is 0 Å². The van der Waals surface area contributed by atoms with Gasteiger partial charge in [0.05, 0.1) is 5.69 Å². The fourth-order valence-corrected chi connectivity index (χ4v) is 3.54. The standard InChI is InChI=1S/C23H18ClN5/c24-29-27-22(25-20-11-9-16-5-1-3-7-18(16)13-20)15-23(28-29)26-21-12-10-17-6-2-4-8-19(17)14-21/h1-15,25,27H,(H,26,28). The Kier molecular flexibility index (Phi) is 4.52. The van der Waals surface area contributed by atoms with Crippen LogP contribution >= 0.6 is 11.8 Å². The van der Waals surface area contributed by atoms with Crippen LogP contribution in [-0.4, -0.2) is 10.5 Å². The van der Waals surface area contributed by atoms with Crippen molar-refractivity contribution in [1.29, 1.82) is 0 Å². The summed E-state index contributed by atoms with van der Waals surface area (Å²) >= 11 is 6.18. The van der Waals surface area contributed by atoms with Crippen LogP contribution in [0, 0.1) is 0 Å². The molecular weight excluding hydrogens is 382 g/mol. The Labute approximate surface area is 173 Å². The van der Waals surface area contributed by atoms with Crippen molar-refractivity contribution in [2.75, 3.05) is 5.32 Å². The van der Waals surface area contributed by atoms with Crippen molar-refractivity contribution in [2.24, 2.45) is 4.99 Å². The van der Waals surface area contributed by atoms with Gasteiger partial charge in [0.2, 0.25) is 0 Å². The molecule has 0 saturated carbocycles. The smallest absolute Gasteiger partial charge is 0.147 e. The average molecular weight is 400 g/mol. The van der Waals surface area contributed by atoms with E-state index >= 15 is 0 Å². The van der Waals surface area contributed by atoms with E-state index in [0.717, 1.165) is 16.8 Å². The molecule has 4 aromatic rings. The van der Waals surface area contributed by atoms with Gasteiger partial charge < -0.3 is 5.32 Å². The highest BCUT2D eigenvalue weighted by molar-refractivity contribution is 6.14. The Morgan fingerprint density at radius 3 is 2.14 bits per heavy atom. The topological polar surface area (TPSA) is 51.7 Å². The van der Waals surface area contributed by atoms with Gasteiger partial charge in [0, 0.05) is 23.5 Å². The number of hydrazine groups is 2. The molecule has 0 spiro atoms. The van der Waals surface area contributed by atoms with Crippen LogP contribution in [0.15, 0.2) is 102 Å². The first-order chi connectivity index (χ1) is 14.2. The summed E-state index contributed by atoms with van der Waals surface area (Å²) in [6.07, 6.45) is 1.88. The number of fused-ring (bicyclic) bond motifs is 2. The lowest BCUT2D eigenvalue weighted by Crippen LogP contribution is -2.49. The number of nitrogens with zero attached hydrogens (tertiary/aromatic N) is 2. The van der Waals surface area contributed by atoms with Crippen molar-refractivity contribution in [2.45, 2.75) is 0 Å². The minimum atomic E-state index is 0.623. The van der Waals surface area contributed by atoms with Gasteiger partial charge >= 0.3 is 0 Å². The van der Waals surface area contributed by atoms with Gasteiger partial charge in [-0.15, -0.1) is 0 Å². The van der Waals surface area contributed by atoms with E-state index in [1.54, 1.807) is 0 Å². The number of amidine groups is 1. The fraction of sp³-hybridized carbons (Fsp3) is 0. The SMILES string of the molecule is ClN1NC(Nc2ccc3ccccc3c2)=CC(=Nc2ccc3ccccc3c2)N1. The molecule has 4 aromatic carbocycles. The molecule has 1 aliphatic rings. The molecule has 0 aliphatic carbocycles. The maximum atomic E-state index is 6.18. The molecule has 0 radical (unpaired) electrons. The summed E-state index contributed by atoms with van der Waals surface area (Å²) in [6, 6.07) is 28.8. The zero-order valence-corrected chi connectivity index (χ0v) is 16.2. The molecule has 0 aromatic heterocycles. The van der Waals surface area contributed by atoms with Gasteiger partial charge in [0.1, 0.15) is 11.7 Å². The highest BCUT2D eigenvalue weighted by atomic mass is 35.5. The number of aliphatic imine (C=N–C) groups is 1. The van der Waals surface area contributed by atoms with Crippen LogP contribution in [0.5, 0.6) is 0 Å². The molecule has 142 valence electrons. The van der Waals surface area contributed by atoms with Gasteiger partial charge in [-0.05, 0) is 50.4 Å². The van der Waals surface area contributed by atoms with Crippen molar-refractivity contribution in [1.82, 2.24) is 15.5 Å². The lowest BCUT2D eigenvalue weighted by atomic mass is 10.1. The van der Waals surface area contributed by atoms with Crippen LogP contribution in [-0.2, 0) is 0 Å². The molecule has 0 amide bonds. The van der Waals surface area contributed by atoms with E-state index in [-0.39, 0.29) is 0 Å². The van der Waals surface area contributed by atoms with Crippen LogP contribution in [0.25, 0.3) is 21.5 Å². The van der Waals surface area contributed by atoms with Crippen LogP contribution in [0.4, 0.5) is 11.4 Å². The van der Waals surface area contributed by atoms with Crippen molar-refractivity contribution in [3.05, 3.63) is 96.8 Å². The molecule has 0 atom stereocenters. The second-order valence-corrected chi connectivity index (χ2v) is 7.12. The lowest BCUT2D eigenvalue weighted by molar-refractivity contribution is 0.330. The summed E-state index contributed by atoms with van der Waals surface area (Å²) in [4.78, 5) is 4.68. The Bertz CT molecular complexity index is 1260. The Morgan fingerprint density at radius 1 is 0.724 bits per heavy atom. The van der Waals surface area contributed by atoms with E-state index in [4.69, 9.17) is 11.8 Å².